The van der Waals surface area contributed by atoms with Gasteiger partial charge >= 0.3 is 0 Å². The molecule has 0 spiro atoms. The highest BCUT2D eigenvalue weighted by Crippen LogP contribution is 2.24. The molecule has 0 atom stereocenters. The van der Waals surface area contributed by atoms with Crippen LogP contribution in [0, 0.1) is 0 Å². The summed E-state index contributed by atoms with van der Waals surface area (Å²) >= 11 is 0. The van der Waals surface area contributed by atoms with Crippen LogP contribution in [0.5, 0.6) is 17.2 Å². The fraction of sp³-hybridized carbons (Fsp3) is 0.364. The van der Waals surface area contributed by atoms with Gasteiger partial charge in [0.15, 0.2) is 0 Å². The fourth-order valence-corrected chi connectivity index (χ4v) is 2.78. The number of nitrogens with one attached hydrogen (secondary N) is 2. The Balaban J connectivity index is 1.80. The highest BCUT2D eigenvalue weighted by molar-refractivity contribution is 6.01. The third kappa shape index (κ3) is 7.03. The number of aromatic hydroxyl groups is 2. The maximum atomic E-state index is 12.2. The minimum atomic E-state index is -0.686. The molecule has 0 unspecified atom stereocenters. The van der Waals surface area contributed by atoms with Crippen LogP contribution in [0.1, 0.15) is 66.2 Å². The maximum Gasteiger partial charge on any atom is 0.273 e. The van der Waals surface area contributed by atoms with Crippen molar-refractivity contribution in [1.29, 1.82) is 0 Å². The number of hydrazine groups is 1. The molecule has 2 rings (SSSR count). The van der Waals surface area contributed by atoms with Crippen molar-refractivity contribution in [3.05, 3.63) is 53.6 Å². The number of hydrogen-bond donors (Lipinski definition) is 4. The van der Waals surface area contributed by atoms with Gasteiger partial charge in [0.25, 0.3) is 11.8 Å². The van der Waals surface area contributed by atoms with E-state index in [9.17, 15) is 19.8 Å². The molecule has 0 saturated heterocycles. The number of hydrogen-bond acceptors (Lipinski definition) is 5. The van der Waals surface area contributed by atoms with E-state index in [1.54, 1.807) is 18.2 Å². The Morgan fingerprint density at radius 2 is 1.45 bits per heavy atom. The van der Waals surface area contributed by atoms with E-state index in [1.165, 1.54) is 49.9 Å². The van der Waals surface area contributed by atoms with Crippen molar-refractivity contribution < 1.29 is 24.5 Å². The van der Waals surface area contributed by atoms with Gasteiger partial charge < -0.3 is 14.9 Å². The summed E-state index contributed by atoms with van der Waals surface area (Å²) in [5.74, 6) is -1.33. The molecule has 0 heterocycles. The molecule has 0 fully saturated rings. The van der Waals surface area contributed by atoms with E-state index < -0.39 is 11.8 Å². The third-order valence-corrected chi connectivity index (χ3v) is 4.42. The molecule has 29 heavy (non-hydrogen) atoms. The van der Waals surface area contributed by atoms with Crippen molar-refractivity contribution >= 4 is 11.8 Å². The Bertz CT molecular complexity index is 823. The second-order valence-corrected chi connectivity index (χ2v) is 6.72. The van der Waals surface area contributed by atoms with E-state index >= 15 is 0 Å². The standard InChI is InChI=1S/C22H28N2O5/c1-2-3-4-5-6-9-14-29-16-12-13-18(20(26)15-16)22(28)24-23-21(27)17-10-7-8-11-19(17)25/h7-8,10-13,15,25-26H,2-6,9,14H2,1H3,(H,23,27)(H,24,28). The second-order valence-electron chi connectivity index (χ2n) is 6.72. The number of unbranched alkanes of at least 4 members (excludes halogenated alkanes) is 5. The number of para-hydroxylation sites is 1. The van der Waals surface area contributed by atoms with Crippen LogP contribution in [0.2, 0.25) is 0 Å². The molecular formula is C22H28N2O5. The smallest absolute Gasteiger partial charge is 0.273 e. The zero-order chi connectivity index (χ0) is 21.1. The summed E-state index contributed by atoms with van der Waals surface area (Å²) in [7, 11) is 0. The van der Waals surface area contributed by atoms with Crippen LogP contribution < -0.4 is 15.6 Å². The average Bonchev–Trinajstić information content (AvgIpc) is 2.71. The van der Waals surface area contributed by atoms with Crippen molar-refractivity contribution in [1.82, 2.24) is 10.9 Å². The number of benzene rings is 2. The van der Waals surface area contributed by atoms with Gasteiger partial charge in [-0.25, -0.2) is 0 Å². The highest BCUT2D eigenvalue weighted by Gasteiger charge is 2.15. The summed E-state index contributed by atoms with van der Waals surface area (Å²) in [4.78, 5) is 24.2. The Labute approximate surface area is 170 Å². The third-order valence-electron chi connectivity index (χ3n) is 4.42. The van der Waals surface area contributed by atoms with E-state index in [0.717, 1.165) is 12.8 Å². The molecule has 2 amide bonds. The van der Waals surface area contributed by atoms with Gasteiger partial charge in [0.1, 0.15) is 17.2 Å². The van der Waals surface area contributed by atoms with Crippen LogP contribution in [0.15, 0.2) is 42.5 Å². The van der Waals surface area contributed by atoms with Gasteiger partial charge in [-0.2, -0.15) is 0 Å². The van der Waals surface area contributed by atoms with E-state index in [4.69, 9.17) is 4.74 Å². The Kier molecular flexibility index (Phi) is 8.82. The summed E-state index contributed by atoms with van der Waals surface area (Å²) in [6.07, 6.45) is 6.93. The second kappa shape index (κ2) is 11.6. The first-order valence-electron chi connectivity index (χ1n) is 9.87. The van der Waals surface area contributed by atoms with Crippen molar-refractivity contribution in [2.24, 2.45) is 0 Å². The summed E-state index contributed by atoms with van der Waals surface area (Å²) in [6, 6.07) is 10.3. The first-order valence-corrected chi connectivity index (χ1v) is 9.87. The highest BCUT2D eigenvalue weighted by atomic mass is 16.5. The number of carbonyl (C=O) groups is 2. The molecule has 0 saturated carbocycles. The zero-order valence-corrected chi connectivity index (χ0v) is 16.6. The van der Waals surface area contributed by atoms with E-state index in [-0.39, 0.29) is 22.6 Å². The first-order chi connectivity index (χ1) is 14.0. The summed E-state index contributed by atoms with van der Waals surface area (Å²) in [6.45, 7) is 2.73. The van der Waals surface area contributed by atoms with E-state index in [1.807, 2.05) is 0 Å². The Morgan fingerprint density at radius 1 is 0.828 bits per heavy atom. The minimum absolute atomic E-state index is 0.00509. The van der Waals surface area contributed by atoms with Crippen LogP contribution >= 0.6 is 0 Å². The molecule has 0 aliphatic heterocycles. The van der Waals surface area contributed by atoms with Crippen LogP contribution in [0.25, 0.3) is 0 Å². The Hall–Kier alpha value is -3.22. The molecule has 0 aromatic heterocycles. The van der Waals surface area contributed by atoms with Gasteiger partial charge in [0.05, 0.1) is 17.7 Å². The van der Waals surface area contributed by atoms with Crippen molar-refractivity contribution in [2.75, 3.05) is 6.61 Å². The van der Waals surface area contributed by atoms with Crippen molar-refractivity contribution in [3.8, 4) is 17.2 Å². The van der Waals surface area contributed by atoms with Crippen LogP contribution in [0.4, 0.5) is 0 Å². The molecule has 4 N–H and O–H groups in total. The molecule has 156 valence electrons. The molecule has 0 aliphatic carbocycles. The van der Waals surface area contributed by atoms with Gasteiger partial charge in [-0.1, -0.05) is 51.2 Å². The molecule has 0 aliphatic rings. The zero-order valence-electron chi connectivity index (χ0n) is 16.6. The van der Waals surface area contributed by atoms with Crippen molar-refractivity contribution in [3.63, 3.8) is 0 Å². The predicted molar refractivity (Wildman–Crippen MR) is 110 cm³/mol. The molecule has 7 heteroatoms. The average molecular weight is 400 g/mol. The lowest BCUT2D eigenvalue weighted by molar-refractivity contribution is 0.0843. The van der Waals surface area contributed by atoms with Gasteiger partial charge in [-0.15, -0.1) is 0 Å². The SMILES string of the molecule is CCCCCCCCOc1ccc(C(=O)NNC(=O)c2ccccc2O)c(O)c1. The van der Waals surface area contributed by atoms with Gasteiger partial charge in [0.2, 0.25) is 0 Å². The van der Waals surface area contributed by atoms with Crippen LogP contribution in [-0.2, 0) is 0 Å². The largest absolute Gasteiger partial charge is 0.507 e. The molecule has 0 bridgehead atoms. The minimum Gasteiger partial charge on any atom is -0.507 e. The molecule has 0 radical (unpaired) electrons. The number of rotatable bonds is 10. The molecule has 2 aromatic rings. The van der Waals surface area contributed by atoms with Crippen LogP contribution in [0.3, 0.4) is 0 Å². The molecular weight excluding hydrogens is 372 g/mol. The summed E-state index contributed by atoms with van der Waals surface area (Å²) < 4.78 is 5.61. The van der Waals surface area contributed by atoms with Gasteiger partial charge in [-0.3, -0.25) is 20.4 Å². The monoisotopic (exact) mass is 400 g/mol. The normalized spacial score (nSPS) is 10.4. The lowest BCUT2D eigenvalue weighted by atomic mass is 10.1. The van der Waals surface area contributed by atoms with E-state index in [2.05, 4.69) is 17.8 Å². The molecule has 7 nitrogen and oxygen atoms in total. The number of amides is 2. The maximum absolute atomic E-state index is 12.2. The van der Waals surface area contributed by atoms with Crippen LogP contribution in [-0.4, -0.2) is 28.6 Å². The summed E-state index contributed by atoms with van der Waals surface area (Å²) in [5.41, 5.74) is 4.43. The topological polar surface area (TPSA) is 108 Å². The van der Waals surface area contributed by atoms with Gasteiger partial charge in [-0.05, 0) is 30.7 Å². The number of carbonyl (C=O) groups excluding carboxylic acids is 2. The number of ether oxygens (including phenoxy) is 1. The van der Waals surface area contributed by atoms with E-state index in [0.29, 0.717) is 12.4 Å². The number of phenolic OH excluding ortho intramolecular Hbond substituents is 2. The predicted octanol–water partition coefficient (Wildman–Crippen LogP) is 3.91. The Morgan fingerprint density at radius 3 is 2.10 bits per heavy atom. The molecule has 2 aromatic carbocycles. The summed E-state index contributed by atoms with van der Waals surface area (Å²) in [5, 5.41) is 19.7. The number of phenols is 2. The first kappa shape index (κ1) is 22.1. The lowest BCUT2D eigenvalue weighted by Crippen LogP contribution is -2.41. The fourth-order valence-electron chi connectivity index (χ4n) is 2.78. The quantitative estimate of drug-likeness (QED) is 0.357. The lowest BCUT2D eigenvalue weighted by Gasteiger charge is -2.11. The van der Waals surface area contributed by atoms with Crippen molar-refractivity contribution in [2.45, 2.75) is 45.4 Å². The van der Waals surface area contributed by atoms with Gasteiger partial charge in [0, 0.05) is 6.07 Å².